The van der Waals surface area contributed by atoms with Gasteiger partial charge in [0, 0.05) is 16.7 Å². The van der Waals surface area contributed by atoms with Gasteiger partial charge in [-0.15, -0.1) is 18.3 Å². The number of nitro benzene ring substituents is 1. The number of anilines is 1. The standard InChI is InChI=1S/C17H16N2O4S/c1-2-11-24-16-10-6-3-7-13(16)18-17(20)12-23-15-9-5-4-8-14(15)19(21)22/h2-10H,1,11-12H2,(H,18,20). The summed E-state index contributed by atoms with van der Waals surface area (Å²) >= 11 is 1.55. The Hall–Kier alpha value is -2.80. The molecule has 1 amide bonds. The van der Waals surface area contributed by atoms with Crippen LogP contribution < -0.4 is 10.1 Å². The summed E-state index contributed by atoms with van der Waals surface area (Å²) < 4.78 is 5.28. The van der Waals surface area contributed by atoms with E-state index >= 15 is 0 Å². The summed E-state index contributed by atoms with van der Waals surface area (Å²) in [6.07, 6.45) is 1.78. The van der Waals surface area contributed by atoms with Crippen molar-refractivity contribution in [2.75, 3.05) is 17.7 Å². The van der Waals surface area contributed by atoms with Gasteiger partial charge in [-0.1, -0.05) is 30.3 Å². The van der Waals surface area contributed by atoms with Gasteiger partial charge in [0.1, 0.15) is 0 Å². The van der Waals surface area contributed by atoms with E-state index in [9.17, 15) is 14.9 Å². The van der Waals surface area contributed by atoms with Gasteiger partial charge in [-0.25, -0.2) is 0 Å². The number of benzene rings is 2. The second-order valence-electron chi connectivity index (χ2n) is 4.66. The Balaban J connectivity index is 2.00. The van der Waals surface area contributed by atoms with Crippen LogP contribution in [0.3, 0.4) is 0 Å². The maximum Gasteiger partial charge on any atom is 0.310 e. The molecule has 7 heteroatoms. The van der Waals surface area contributed by atoms with Crippen LogP contribution in [0.25, 0.3) is 0 Å². The Labute approximate surface area is 143 Å². The molecule has 1 N–H and O–H groups in total. The summed E-state index contributed by atoms with van der Waals surface area (Å²) in [4.78, 5) is 23.3. The van der Waals surface area contributed by atoms with Gasteiger partial charge in [-0.2, -0.15) is 0 Å². The molecule has 0 aliphatic heterocycles. The number of ether oxygens (including phenoxy) is 1. The van der Waals surface area contributed by atoms with E-state index < -0.39 is 4.92 Å². The van der Waals surface area contributed by atoms with Gasteiger partial charge >= 0.3 is 5.69 Å². The van der Waals surface area contributed by atoms with Crippen molar-refractivity contribution in [3.63, 3.8) is 0 Å². The largest absolute Gasteiger partial charge is 0.477 e. The van der Waals surface area contributed by atoms with Gasteiger partial charge in [-0.05, 0) is 18.2 Å². The summed E-state index contributed by atoms with van der Waals surface area (Å²) in [6, 6.07) is 13.3. The fourth-order valence-corrected chi connectivity index (χ4v) is 2.65. The van der Waals surface area contributed by atoms with Crippen molar-refractivity contribution >= 4 is 29.0 Å². The molecule has 0 bridgehead atoms. The Morgan fingerprint density at radius 3 is 2.71 bits per heavy atom. The van der Waals surface area contributed by atoms with Crippen LogP contribution in [0.15, 0.2) is 66.1 Å². The maximum atomic E-state index is 12.1. The zero-order chi connectivity index (χ0) is 17.4. The van der Waals surface area contributed by atoms with Crippen LogP contribution >= 0.6 is 11.8 Å². The van der Waals surface area contributed by atoms with Gasteiger partial charge < -0.3 is 10.1 Å². The number of carbonyl (C=O) groups is 1. The lowest BCUT2D eigenvalue weighted by Crippen LogP contribution is -2.20. The van der Waals surface area contributed by atoms with Crippen LogP contribution in [0.4, 0.5) is 11.4 Å². The molecule has 6 nitrogen and oxygen atoms in total. The van der Waals surface area contributed by atoms with Crippen molar-refractivity contribution < 1.29 is 14.5 Å². The van der Waals surface area contributed by atoms with Crippen LogP contribution in [-0.4, -0.2) is 23.2 Å². The molecule has 24 heavy (non-hydrogen) atoms. The van der Waals surface area contributed by atoms with E-state index in [-0.39, 0.29) is 24.0 Å². The minimum absolute atomic E-state index is 0.0620. The van der Waals surface area contributed by atoms with Crippen LogP contribution in [0.5, 0.6) is 5.75 Å². The SMILES string of the molecule is C=CCSc1ccccc1NC(=O)COc1ccccc1[N+](=O)[O-]. The zero-order valence-electron chi connectivity index (χ0n) is 12.8. The number of hydrogen-bond acceptors (Lipinski definition) is 5. The first kappa shape index (κ1) is 17.6. The van der Waals surface area contributed by atoms with Crippen molar-refractivity contribution in [1.29, 1.82) is 0 Å². The molecule has 0 saturated heterocycles. The highest BCUT2D eigenvalue weighted by Crippen LogP contribution is 2.28. The summed E-state index contributed by atoms with van der Waals surface area (Å²) in [5, 5.41) is 13.7. The first-order valence-electron chi connectivity index (χ1n) is 7.10. The molecule has 2 aromatic carbocycles. The topological polar surface area (TPSA) is 81.5 Å². The maximum absolute atomic E-state index is 12.1. The minimum Gasteiger partial charge on any atom is -0.477 e. The number of hydrogen-bond donors (Lipinski definition) is 1. The second kappa shape index (κ2) is 8.73. The van der Waals surface area contributed by atoms with Gasteiger partial charge in [0.05, 0.1) is 10.6 Å². The molecule has 0 aromatic heterocycles. The molecule has 0 radical (unpaired) electrons. The summed E-state index contributed by atoms with van der Waals surface area (Å²) in [5.74, 6) is 0.395. The average molecular weight is 344 g/mol. The van der Waals surface area contributed by atoms with E-state index in [2.05, 4.69) is 11.9 Å². The van der Waals surface area contributed by atoms with Crippen molar-refractivity contribution in [1.82, 2.24) is 0 Å². The molecule has 2 rings (SSSR count). The fraction of sp³-hybridized carbons (Fsp3) is 0.118. The molecular formula is C17H16N2O4S. The molecule has 124 valence electrons. The number of nitrogens with zero attached hydrogens (tertiary/aromatic N) is 1. The first-order chi connectivity index (χ1) is 11.6. The quantitative estimate of drug-likeness (QED) is 0.340. The van der Waals surface area contributed by atoms with Crippen LogP contribution in [0, 0.1) is 10.1 Å². The van der Waals surface area contributed by atoms with Gasteiger partial charge in [0.2, 0.25) is 0 Å². The fourth-order valence-electron chi connectivity index (χ4n) is 1.90. The van der Waals surface area contributed by atoms with Gasteiger partial charge in [0.25, 0.3) is 5.91 Å². The van der Waals surface area contributed by atoms with E-state index in [0.717, 1.165) is 10.6 Å². The highest BCUT2D eigenvalue weighted by atomic mass is 32.2. The van der Waals surface area contributed by atoms with E-state index in [0.29, 0.717) is 5.69 Å². The lowest BCUT2D eigenvalue weighted by molar-refractivity contribution is -0.385. The monoisotopic (exact) mass is 344 g/mol. The van der Waals surface area contributed by atoms with Gasteiger partial charge in [-0.3, -0.25) is 14.9 Å². The normalized spacial score (nSPS) is 10.0. The van der Waals surface area contributed by atoms with Crippen LogP contribution in [0.2, 0.25) is 0 Å². The third-order valence-corrected chi connectivity index (χ3v) is 4.01. The van der Waals surface area contributed by atoms with Crippen molar-refractivity contribution in [3.8, 4) is 5.75 Å². The number of thioether (sulfide) groups is 1. The van der Waals surface area contributed by atoms with Gasteiger partial charge in [0.15, 0.2) is 12.4 Å². The predicted molar refractivity (Wildman–Crippen MR) is 94.6 cm³/mol. The Morgan fingerprint density at radius 1 is 1.25 bits per heavy atom. The summed E-state index contributed by atoms with van der Waals surface area (Å²) in [7, 11) is 0. The molecule has 2 aromatic rings. The number of carbonyl (C=O) groups excluding carboxylic acids is 1. The van der Waals surface area contributed by atoms with Crippen LogP contribution in [0.1, 0.15) is 0 Å². The van der Waals surface area contributed by atoms with E-state index in [1.54, 1.807) is 30.0 Å². The average Bonchev–Trinajstić information content (AvgIpc) is 2.59. The molecular weight excluding hydrogens is 328 g/mol. The Bertz CT molecular complexity index is 749. The highest BCUT2D eigenvalue weighted by molar-refractivity contribution is 7.99. The third kappa shape index (κ3) is 4.85. The number of para-hydroxylation sites is 3. The van der Waals surface area contributed by atoms with E-state index in [1.165, 1.54) is 18.2 Å². The number of rotatable bonds is 8. The molecule has 0 unspecified atom stereocenters. The van der Waals surface area contributed by atoms with Crippen molar-refractivity contribution in [2.45, 2.75) is 4.90 Å². The summed E-state index contributed by atoms with van der Waals surface area (Å²) in [5.41, 5.74) is 0.493. The van der Waals surface area contributed by atoms with Crippen molar-refractivity contribution in [3.05, 3.63) is 71.3 Å². The lowest BCUT2D eigenvalue weighted by Gasteiger charge is -2.11. The predicted octanol–water partition coefficient (Wildman–Crippen LogP) is 3.89. The molecule has 0 fully saturated rings. The lowest BCUT2D eigenvalue weighted by atomic mass is 10.3. The molecule has 0 heterocycles. The van der Waals surface area contributed by atoms with Crippen LogP contribution in [-0.2, 0) is 4.79 Å². The van der Waals surface area contributed by atoms with E-state index in [4.69, 9.17) is 4.74 Å². The second-order valence-corrected chi connectivity index (χ2v) is 5.72. The minimum atomic E-state index is -0.547. The number of amides is 1. The van der Waals surface area contributed by atoms with E-state index in [1.807, 2.05) is 18.2 Å². The smallest absolute Gasteiger partial charge is 0.310 e. The third-order valence-electron chi connectivity index (χ3n) is 2.94. The molecule has 0 atom stereocenters. The highest BCUT2D eigenvalue weighted by Gasteiger charge is 2.15. The van der Waals surface area contributed by atoms with Crippen molar-refractivity contribution in [2.24, 2.45) is 0 Å². The number of nitro groups is 1. The first-order valence-corrected chi connectivity index (χ1v) is 8.09. The zero-order valence-corrected chi connectivity index (χ0v) is 13.6. The molecule has 0 aliphatic carbocycles. The molecule has 0 spiro atoms. The number of nitrogens with one attached hydrogen (secondary N) is 1. The Morgan fingerprint density at radius 2 is 1.96 bits per heavy atom. The molecule has 0 saturated carbocycles. The summed E-state index contributed by atoms with van der Waals surface area (Å²) in [6.45, 7) is 3.35. The Kier molecular flexibility index (Phi) is 6.39. The molecule has 0 aliphatic rings.